The summed E-state index contributed by atoms with van der Waals surface area (Å²) in [6.07, 6.45) is 6.44. The van der Waals surface area contributed by atoms with Gasteiger partial charge >= 0.3 is 0 Å². The zero-order valence-electron chi connectivity index (χ0n) is 10.4. The van der Waals surface area contributed by atoms with Crippen LogP contribution in [0.2, 0.25) is 0 Å². The molecule has 1 unspecified atom stereocenters. The molecule has 0 bridgehead atoms. The van der Waals surface area contributed by atoms with Crippen molar-refractivity contribution in [1.29, 1.82) is 0 Å². The lowest BCUT2D eigenvalue weighted by molar-refractivity contribution is 0.785. The first kappa shape index (κ1) is 11.7. The van der Waals surface area contributed by atoms with Gasteiger partial charge < -0.3 is 0 Å². The van der Waals surface area contributed by atoms with Crippen molar-refractivity contribution in [1.82, 2.24) is 15.0 Å². The summed E-state index contributed by atoms with van der Waals surface area (Å²) < 4.78 is 1.82. The standard InChI is InChI=1S/C14H16ClN3/c1-2-13(15)14-9-18(17-16-14)12-7-6-10-4-3-5-11(10)8-12/h6-9,13H,2-5H2,1H3. The summed E-state index contributed by atoms with van der Waals surface area (Å²) in [5.41, 5.74) is 4.85. The summed E-state index contributed by atoms with van der Waals surface area (Å²) in [6.45, 7) is 2.05. The van der Waals surface area contributed by atoms with E-state index in [9.17, 15) is 0 Å². The van der Waals surface area contributed by atoms with Gasteiger partial charge in [-0.25, -0.2) is 4.68 Å². The predicted molar refractivity (Wildman–Crippen MR) is 72.3 cm³/mol. The van der Waals surface area contributed by atoms with Crippen molar-refractivity contribution >= 4 is 11.6 Å². The van der Waals surface area contributed by atoms with E-state index in [0.29, 0.717) is 0 Å². The maximum Gasteiger partial charge on any atom is 0.101 e. The van der Waals surface area contributed by atoms with Crippen LogP contribution in [0.15, 0.2) is 24.4 Å². The van der Waals surface area contributed by atoms with Gasteiger partial charge in [0.25, 0.3) is 0 Å². The largest absolute Gasteiger partial charge is 0.220 e. The van der Waals surface area contributed by atoms with Crippen LogP contribution in [0.3, 0.4) is 0 Å². The quantitative estimate of drug-likeness (QED) is 0.793. The van der Waals surface area contributed by atoms with Crippen LogP contribution in [0, 0.1) is 0 Å². The molecule has 1 aliphatic carbocycles. The molecule has 3 rings (SSSR count). The van der Waals surface area contributed by atoms with E-state index in [2.05, 4.69) is 28.5 Å². The first-order valence-electron chi connectivity index (χ1n) is 6.46. The average molecular weight is 262 g/mol. The van der Waals surface area contributed by atoms with Crippen molar-refractivity contribution in [3.8, 4) is 5.69 Å². The van der Waals surface area contributed by atoms with Gasteiger partial charge in [-0.15, -0.1) is 16.7 Å². The molecule has 1 atom stereocenters. The van der Waals surface area contributed by atoms with Crippen molar-refractivity contribution < 1.29 is 0 Å². The van der Waals surface area contributed by atoms with E-state index in [-0.39, 0.29) is 5.38 Å². The van der Waals surface area contributed by atoms with Crippen LogP contribution in [0.25, 0.3) is 5.69 Å². The number of alkyl halides is 1. The normalized spacial score (nSPS) is 15.7. The van der Waals surface area contributed by atoms with Gasteiger partial charge in [-0.05, 0) is 48.9 Å². The molecule has 0 saturated heterocycles. The Morgan fingerprint density at radius 1 is 1.33 bits per heavy atom. The van der Waals surface area contributed by atoms with Gasteiger partial charge in [0.05, 0.1) is 17.3 Å². The number of halogens is 1. The van der Waals surface area contributed by atoms with Crippen LogP contribution in [0.4, 0.5) is 0 Å². The van der Waals surface area contributed by atoms with E-state index in [0.717, 1.165) is 17.8 Å². The minimum Gasteiger partial charge on any atom is -0.220 e. The summed E-state index contributed by atoms with van der Waals surface area (Å²) in [7, 11) is 0. The Kier molecular flexibility index (Phi) is 3.08. The fourth-order valence-electron chi connectivity index (χ4n) is 2.46. The number of hydrogen-bond acceptors (Lipinski definition) is 2. The second-order valence-corrected chi connectivity index (χ2v) is 5.30. The Bertz CT molecular complexity index is 562. The van der Waals surface area contributed by atoms with Crippen LogP contribution in [-0.4, -0.2) is 15.0 Å². The molecular formula is C14H16ClN3. The van der Waals surface area contributed by atoms with Gasteiger partial charge in [0.15, 0.2) is 0 Å². The lowest BCUT2D eigenvalue weighted by atomic mass is 10.1. The monoisotopic (exact) mass is 261 g/mol. The molecule has 94 valence electrons. The number of aryl methyl sites for hydroxylation is 2. The van der Waals surface area contributed by atoms with Crippen LogP contribution in [0.5, 0.6) is 0 Å². The third-order valence-corrected chi connectivity index (χ3v) is 4.07. The molecule has 0 amide bonds. The van der Waals surface area contributed by atoms with E-state index in [1.165, 1.54) is 30.4 Å². The van der Waals surface area contributed by atoms with Gasteiger partial charge in [0.2, 0.25) is 0 Å². The molecule has 0 N–H and O–H groups in total. The Hall–Kier alpha value is -1.35. The van der Waals surface area contributed by atoms with Crippen LogP contribution >= 0.6 is 11.6 Å². The smallest absolute Gasteiger partial charge is 0.101 e. The molecule has 0 aliphatic heterocycles. The molecule has 1 aliphatic rings. The molecule has 3 nitrogen and oxygen atoms in total. The van der Waals surface area contributed by atoms with Gasteiger partial charge in [-0.1, -0.05) is 18.2 Å². The number of nitrogens with zero attached hydrogens (tertiary/aromatic N) is 3. The maximum absolute atomic E-state index is 6.17. The molecule has 4 heteroatoms. The van der Waals surface area contributed by atoms with Crippen molar-refractivity contribution in [2.75, 3.05) is 0 Å². The SMILES string of the molecule is CCC(Cl)c1cn(-c2ccc3c(c2)CCC3)nn1. The molecule has 0 fully saturated rings. The number of benzene rings is 1. The topological polar surface area (TPSA) is 30.7 Å². The number of rotatable bonds is 3. The number of hydrogen-bond donors (Lipinski definition) is 0. The zero-order chi connectivity index (χ0) is 12.5. The fraction of sp³-hybridized carbons (Fsp3) is 0.429. The van der Waals surface area contributed by atoms with Crippen molar-refractivity contribution in [2.45, 2.75) is 38.0 Å². The van der Waals surface area contributed by atoms with Crippen molar-refractivity contribution in [2.24, 2.45) is 0 Å². The van der Waals surface area contributed by atoms with E-state index in [4.69, 9.17) is 11.6 Å². The summed E-state index contributed by atoms with van der Waals surface area (Å²) in [6, 6.07) is 6.53. The molecule has 0 spiro atoms. The Morgan fingerprint density at radius 3 is 3.00 bits per heavy atom. The van der Waals surface area contributed by atoms with Gasteiger partial charge in [-0.3, -0.25) is 0 Å². The minimum absolute atomic E-state index is 0.0480. The molecule has 18 heavy (non-hydrogen) atoms. The zero-order valence-corrected chi connectivity index (χ0v) is 11.2. The van der Waals surface area contributed by atoms with Crippen LogP contribution < -0.4 is 0 Å². The third kappa shape index (κ3) is 2.03. The predicted octanol–water partition coefficient (Wildman–Crippen LogP) is 3.45. The van der Waals surface area contributed by atoms with Crippen LogP contribution in [0.1, 0.15) is 42.0 Å². The summed E-state index contributed by atoms with van der Waals surface area (Å²) in [4.78, 5) is 0. The van der Waals surface area contributed by atoms with E-state index < -0.39 is 0 Å². The number of fused-ring (bicyclic) bond motifs is 1. The highest BCUT2D eigenvalue weighted by Gasteiger charge is 2.14. The summed E-state index contributed by atoms with van der Waals surface area (Å²) >= 11 is 6.17. The van der Waals surface area contributed by atoms with E-state index in [1.54, 1.807) is 0 Å². The molecular weight excluding hydrogens is 246 g/mol. The molecule has 1 aromatic heterocycles. The minimum atomic E-state index is -0.0480. The molecule has 1 aromatic carbocycles. The lowest BCUT2D eigenvalue weighted by Crippen LogP contribution is -1.96. The highest BCUT2D eigenvalue weighted by Crippen LogP contribution is 2.25. The van der Waals surface area contributed by atoms with E-state index >= 15 is 0 Å². The summed E-state index contributed by atoms with van der Waals surface area (Å²) in [5.74, 6) is 0. The second-order valence-electron chi connectivity index (χ2n) is 4.77. The molecule has 0 saturated carbocycles. The fourth-order valence-corrected chi connectivity index (χ4v) is 2.56. The highest BCUT2D eigenvalue weighted by atomic mass is 35.5. The maximum atomic E-state index is 6.17. The third-order valence-electron chi connectivity index (χ3n) is 3.54. The Morgan fingerprint density at radius 2 is 2.17 bits per heavy atom. The molecule has 0 radical (unpaired) electrons. The van der Waals surface area contributed by atoms with Gasteiger partial charge in [0, 0.05) is 0 Å². The van der Waals surface area contributed by atoms with Crippen molar-refractivity contribution in [3.63, 3.8) is 0 Å². The highest BCUT2D eigenvalue weighted by molar-refractivity contribution is 6.20. The lowest BCUT2D eigenvalue weighted by Gasteiger charge is -2.04. The Labute approximate surface area is 112 Å². The first-order valence-corrected chi connectivity index (χ1v) is 6.90. The first-order chi connectivity index (χ1) is 8.78. The van der Waals surface area contributed by atoms with Crippen LogP contribution in [-0.2, 0) is 12.8 Å². The van der Waals surface area contributed by atoms with Gasteiger partial charge in [0.1, 0.15) is 5.69 Å². The average Bonchev–Trinajstić information content (AvgIpc) is 3.05. The van der Waals surface area contributed by atoms with Crippen molar-refractivity contribution in [3.05, 3.63) is 41.2 Å². The van der Waals surface area contributed by atoms with E-state index in [1.807, 2.05) is 17.8 Å². The molecule has 2 aromatic rings. The van der Waals surface area contributed by atoms with Gasteiger partial charge in [-0.2, -0.15) is 0 Å². The number of aromatic nitrogens is 3. The Balaban J connectivity index is 1.92. The summed E-state index contributed by atoms with van der Waals surface area (Å²) in [5, 5.41) is 8.25. The second kappa shape index (κ2) is 4.73. The molecule has 1 heterocycles.